The summed E-state index contributed by atoms with van der Waals surface area (Å²) in [6.07, 6.45) is 2.76. The van der Waals surface area contributed by atoms with Crippen LogP contribution in [0.4, 0.5) is 5.69 Å². The number of hydrogen-bond acceptors (Lipinski definition) is 2. The molecule has 0 atom stereocenters. The molecule has 0 bridgehead atoms. The van der Waals surface area contributed by atoms with Crippen molar-refractivity contribution in [2.75, 3.05) is 18.0 Å². The van der Waals surface area contributed by atoms with Gasteiger partial charge in [-0.1, -0.05) is 26.0 Å². The predicted molar refractivity (Wildman–Crippen MR) is 75.8 cm³/mol. The molecule has 0 spiro atoms. The molecule has 0 heterocycles. The smallest absolute Gasteiger partial charge is 0.328 e. The molecule has 3 nitrogen and oxygen atoms in total. The van der Waals surface area contributed by atoms with Crippen LogP contribution in [0.3, 0.4) is 0 Å². The van der Waals surface area contributed by atoms with Crippen LogP contribution >= 0.6 is 0 Å². The van der Waals surface area contributed by atoms with Gasteiger partial charge < -0.3 is 10.0 Å². The molecule has 1 rings (SSSR count). The molecular weight excluding hydrogens is 226 g/mol. The van der Waals surface area contributed by atoms with Crippen LogP contribution in [0.5, 0.6) is 0 Å². The first-order valence-corrected chi connectivity index (χ1v) is 6.29. The molecule has 0 aliphatic heterocycles. The Morgan fingerprint density at radius 1 is 1.33 bits per heavy atom. The molecule has 0 saturated carbocycles. The number of carboxylic acids is 1. The van der Waals surface area contributed by atoms with Crippen molar-refractivity contribution in [2.24, 2.45) is 5.92 Å². The van der Waals surface area contributed by atoms with Gasteiger partial charge in [0.15, 0.2) is 0 Å². The van der Waals surface area contributed by atoms with Gasteiger partial charge in [-0.3, -0.25) is 0 Å². The van der Waals surface area contributed by atoms with Crippen LogP contribution in [0.15, 0.2) is 30.3 Å². The van der Waals surface area contributed by atoms with Gasteiger partial charge in [0.05, 0.1) is 0 Å². The van der Waals surface area contributed by atoms with Crippen molar-refractivity contribution in [1.82, 2.24) is 0 Å². The molecule has 0 unspecified atom stereocenters. The van der Waals surface area contributed by atoms with Gasteiger partial charge in [-0.2, -0.15) is 0 Å². The fourth-order valence-electron chi connectivity index (χ4n) is 1.82. The normalized spacial score (nSPS) is 11.1. The third-order valence-electron chi connectivity index (χ3n) is 2.64. The summed E-state index contributed by atoms with van der Waals surface area (Å²) in [5, 5.41) is 8.56. The van der Waals surface area contributed by atoms with E-state index in [1.807, 2.05) is 24.3 Å². The molecular formula is C15H21NO2. The SMILES string of the molecule is CCN(CC(C)C)c1ccc(/C=C/C(=O)O)cc1. The Balaban J connectivity index is 2.77. The average Bonchev–Trinajstić information content (AvgIpc) is 2.34. The molecule has 1 aromatic rings. The maximum atomic E-state index is 10.4. The van der Waals surface area contributed by atoms with E-state index in [1.54, 1.807) is 6.08 Å². The quantitative estimate of drug-likeness (QED) is 0.784. The second-order valence-corrected chi connectivity index (χ2v) is 4.70. The van der Waals surface area contributed by atoms with Crippen molar-refractivity contribution in [2.45, 2.75) is 20.8 Å². The van der Waals surface area contributed by atoms with Crippen molar-refractivity contribution >= 4 is 17.7 Å². The zero-order valence-corrected chi connectivity index (χ0v) is 11.3. The third-order valence-corrected chi connectivity index (χ3v) is 2.64. The number of hydrogen-bond donors (Lipinski definition) is 1. The maximum absolute atomic E-state index is 10.4. The van der Waals surface area contributed by atoms with E-state index in [2.05, 4.69) is 25.7 Å². The van der Waals surface area contributed by atoms with Crippen molar-refractivity contribution in [1.29, 1.82) is 0 Å². The molecule has 0 aliphatic carbocycles. The second kappa shape index (κ2) is 6.84. The van der Waals surface area contributed by atoms with Gasteiger partial charge in [0.25, 0.3) is 0 Å². The van der Waals surface area contributed by atoms with Crippen LogP contribution in [0, 0.1) is 5.92 Å². The first kappa shape index (κ1) is 14.3. The number of carboxylic acid groups (broad SMARTS) is 1. The van der Waals surface area contributed by atoms with Gasteiger partial charge in [0.2, 0.25) is 0 Å². The Morgan fingerprint density at radius 2 is 1.94 bits per heavy atom. The zero-order chi connectivity index (χ0) is 13.5. The number of carbonyl (C=O) groups is 1. The van der Waals surface area contributed by atoms with Crippen LogP contribution in [-0.2, 0) is 4.79 Å². The molecule has 0 aliphatic rings. The third kappa shape index (κ3) is 4.62. The molecule has 1 N–H and O–H groups in total. The Labute approximate surface area is 109 Å². The minimum absolute atomic E-state index is 0.622. The summed E-state index contributed by atoms with van der Waals surface area (Å²) in [5.74, 6) is -0.300. The summed E-state index contributed by atoms with van der Waals surface area (Å²) in [6, 6.07) is 7.95. The molecule has 0 saturated heterocycles. The Hall–Kier alpha value is -1.77. The minimum Gasteiger partial charge on any atom is -0.478 e. The zero-order valence-electron chi connectivity index (χ0n) is 11.3. The number of nitrogens with zero attached hydrogens (tertiary/aromatic N) is 1. The molecule has 3 heteroatoms. The molecule has 98 valence electrons. The van der Waals surface area contributed by atoms with Crippen molar-refractivity contribution in [3.63, 3.8) is 0 Å². The Bertz CT molecular complexity index is 407. The summed E-state index contributed by atoms with van der Waals surface area (Å²) in [6.45, 7) is 8.54. The van der Waals surface area contributed by atoms with E-state index in [9.17, 15) is 4.79 Å². The van der Waals surface area contributed by atoms with Gasteiger partial charge >= 0.3 is 5.97 Å². The lowest BCUT2D eigenvalue weighted by atomic mass is 10.1. The van der Waals surface area contributed by atoms with Gasteiger partial charge in [0.1, 0.15) is 0 Å². The Morgan fingerprint density at radius 3 is 2.39 bits per heavy atom. The lowest BCUT2D eigenvalue weighted by molar-refractivity contribution is -0.131. The second-order valence-electron chi connectivity index (χ2n) is 4.70. The molecule has 0 amide bonds. The number of benzene rings is 1. The standard InChI is InChI=1S/C15H21NO2/c1-4-16(11-12(2)3)14-8-5-13(6-9-14)7-10-15(17)18/h5-10,12H,4,11H2,1-3H3,(H,17,18)/b10-7+. The summed E-state index contributed by atoms with van der Waals surface area (Å²) in [4.78, 5) is 12.7. The fourth-order valence-corrected chi connectivity index (χ4v) is 1.82. The van der Waals surface area contributed by atoms with E-state index in [0.29, 0.717) is 5.92 Å². The Kier molecular flexibility index (Phi) is 5.43. The van der Waals surface area contributed by atoms with Crippen LogP contribution in [0.1, 0.15) is 26.3 Å². The average molecular weight is 247 g/mol. The first-order chi connectivity index (χ1) is 8.52. The molecule has 18 heavy (non-hydrogen) atoms. The van der Waals surface area contributed by atoms with E-state index in [0.717, 1.165) is 24.7 Å². The van der Waals surface area contributed by atoms with E-state index < -0.39 is 5.97 Å². The molecule has 1 aromatic carbocycles. The van der Waals surface area contributed by atoms with Crippen LogP contribution < -0.4 is 4.90 Å². The van der Waals surface area contributed by atoms with Gasteiger partial charge in [-0.25, -0.2) is 4.79 Å². The molecule has 0 radical (unpaired) electrons. The van der Waals surface area contributed by atoms with E-state index in [-0.39, 0.29) is 0 Å². The molecule has 0 aromatic heterocycles. The van der Waals surface area contributed by atoms with E-state index in [1.165, 1.54) is 5.69 Å². The van der Waals surface area contributed by atoms with Crippen LogP contribution in [-0.4, -0.2) is 24.2 Å². The van der Waals surface area contributed by atoms with Gasteiger partial charge in [-0.15, -0.1) is 0 Å². The largest absolute Gasteiger partial charge is 0.478 e. The van der Waals surface area contributed by atoms with Gasteiger partial charge in [-0.05, 0) is 36.6 Å². The number of aliphatic carboxylic acids is 1. The van der Waals surface area contributed by atoms with Crippen LogP contribution in [0.25, 0.3) is 6.08 Å². The highest BCUT2D eigenvalue weighted by molar-refractivity contribution is 5.85. The summed E-state index contributed by atoms with van der Waals surface area (Å²) in [7, 11) is 0. The van der Waals surface area contributed by atoms with E-state index >= 15 is 0 Å². The number of anilines is 1. The fraction of sp³-hybridized carbons (Fsp3) is 0.400. The lowest BCUT2D eigenvalue weighted by Crippen LogP contribution is -2.27. The lowest BCUT2D eigenvalue weighted by Gasteiger charge is -2.25. The number of rotatable bonds is 6. The predicted octanol–water partition coefficient (Wildman–Crippen LogP) is 3.27. The highest BCUT2D eigenvalue weighted by Gasteiger charge is 2.05. The minimum atomic E-state index is -0.922. The van der Waals surface area contributed by atoms with Crippen molar-refractivity contribution < 1.29 is 9.90 Å². The highest BCUT2D eigenvalue weighted by atomic mass is 16.4. The first-order valence-electron chi connectivity index (χ1n) is 6.29. The van der Waals surface area contributed by atoms with Crippen molar-refractivity contribution in [3.8, 4) is 0 Å². The summed E-state index contributed by atoms with van der Waals surface area (Å²) < 4.78 is 0. The van der Waals surface area contributed by atoms with E-state index in [4.69, 9.17) is 5.11 Å². The maximum Gasteiger partial charge on any atom is 0.328 e. The highest BCUT2D eigenvalue weighted by Crippen LogP contribution is 2.17. The molecule has 0 fully saturated rings. The van der Waals surface area contributed by atoms with Crippen LogP contribution in [0.2, 0.25) is 0 Å². The monoisotopic (exact) mass is 247 g/mol. The topological polar surface area (TPSA) is 40.5 Å². The van der Waals surface area contributed by atoms with Gasteiger partial charge in [0, 0.05) is 24.9 Å². The van der Waals surface area contributed by atoms with Crippen molar-refractivity contribution in [3.05, 3.63) is 35.9 Å². The summed E-state index contributed by atoms with van der Waals surface area (Å²) in [5.41, 5.74) is 2.08. The summed E-state index contributed by atoms with van der Waals surface area (Å²) >= 11 is 0.